The predicted octanol–water partition coefficient (Wildman–Crippen LogP) is 8.11. The number of rotatable bonds is 5. The molecule has 3 N–H and O–H groups in total. The molecule has 17 heteroatoms. The normalized spacial score (nSPS) is 10.8. The lowest BCUT2D eigenvalue weighted by atomic mass is 10.1. The Balaban J connectivity index is 0.00000308. The summed E-state index contributed by atoms with van der Waals surface area (Å²) in [5.41, 5.74) is -1.08. The monoisotopic (exact) mass is 668 g/mol. The lowest BCUT2D eigenvalue weighted by Gasteiger charge is -2.15. The van der Waals surface area contributed by atoms with Gasteiger partial charge in [-0.1, -0.05) is 12.1 Å². The summed E-state index contributed by atoms with van der Waals surface area (Å²) in [6.45, 7) is 1.39. The third-order valence-electron chi connectivity index (χ3n) is 5.26. The smallest absolute Gasteiger partial charge is 0.326 e. The highest BCUT2D eigenvalue weighted by molar-refractivity contribution is 5.99. The highest BCUT2D eigenvalue weighted by atomic mass is 35.5. The van der Waals surface area contributed by atoms with Crippen molar-refractivity contribution in [2.75, 3.05) is 16.0 Å². The fourth-order valence-electron chi connectivity index (χ4n) is 3.55. The summed E-state index contributed by atoms with van der Waals surface area (Å²) in [7, 11) is 0. The molecule has 8 nitrogen and oxygen atoms in total. The van der Waals surface area contributed by atoms with Crippen LogP contribution >= 0.6 is 37.2 Å². The molecule has 2 aromatic heterocycles. The lowest BCUT2D eigenvalue weighted by molar-refractivity contribution is -0.143. The maximum Gasteiger partial charge on any atom is 0.416 e. The Labute approximate surface area is 259 Å². The minimum Gasteiger partial charge on any atom is -0.326 e. The summed E-state index contributed by atoms with van der Waals surface area (Å²) < 4.78 is 78.4. The Morgan fingerprint density at radius 2 is 1.33 bits per heavy atom. The van der Waals surface area contributed by atoms with Crippen molar-refractivity contribution >= 4 is 66.5 Å². The minimum absolute atomic E-state index is 0. The van der Waals surface area contributed by atoms with E-state index in [4.69, 9.17) is 0 Å². The topological polar surface area (TPSA) is 109 Å². The molecule has 0 aliphatic carbocycles. The number of carbonyl (C=O) groups is 2. The summed E-state index contributed by atoms with van der Waals surface area (Å²) in [5.74, 6) is -0.478. The molecule has 0 saturated heterocycles. The number of nitrogens with one attached hydrogen (secondary N) is 3. The van der Waals surface area contributed by atoms with Crippen molar-refractivity contribution < 1.29 is 35.9 Å². The van der Waals surface area contributed by atoms with Gasteiger partial charge in [-0.05, 0) is 48.5 Å². The zero-order chi connectivity index (χ0) is 29.1. The van der Waals surface area contributed by atoms with Crippen molar-refractivity contribution in [2.24, 2.45) is 0 Å². The van der Waals surface area contributed by atoms with Gasteiger partial charge in [0.15, 0.2) is 0 Å². The van der Waals surface area contributed by atoms with Gasteiger partial charge in [0.2, 0.25) is 11.9 Å². The first-order valence-electron chi connectivity index (χ1n) is 11.3. The number of nitrogens with zero attached hydrogens (tertiary/aromatic N) is 3. The van der Waals surface area contributed by atoms with Crippen LogP contribution < -0.4 is 16.0 Å². The molecule has 0 spiro atoms. The van der Waals surface area contributed by atoms with E-state index in [2.05, 4.69) is 25.6 Å². The van der Waals surface area contributed by atoms with Gasteiger partial charge in [-0.15, -0.1) is 37.2 Å². The Kier molecular flexibility index (Phi) is 12.7. The number of amides is 3. The van der Waals surface area contributed by atoms with Gasteiger partial charge in [-0.3, -0.25) is 15.1 Å². The second-order valence-corrected chi connectivity index (χ2v) is 8.33. The third-order valence-corrected chi connectivity index (χ3v) is 5.26. The molecule has 0 fully saturated rings. The number of halogens is 9. The van der Waals surface area contributed by atoms with E-state index in [1.54, 1.807) is 36.4 Å². The van der Waals surface area contributed by atoms with Crippen molar-refractivity contribution in [3.8, 4) is 22.5 Å². The average molecular weight is 670 g/mol. The molecule has 2 heterocycles. The fourth-order valence-corrected chi connectivity index (χ4v) is 3.55. The van der Waals surface area contributed by atoms with Crippen molar-refractivity contribution in [1.82, 2.24) is 15.0 Å². The summed E-state index contributed by atoms with van der Waals surface area (Å²) >= 11 is 0. The summed E-state index contributed by atoms with van der Waals surface area (Å²) in [5, 5.41) is 6.82. The molecule has 4 aromatic rings. The van der Waals surface area contributed by atoms with E-state index < -0.39 is 35.2 Å². The molecule has 0 atom stereocenters. The van der Waals surface area contributed by atoms with Crippen LogP contribution in [0.4, 0.5) is 48.5 Å². The largest absolute Gasteiger partial charge is 0.416 e. The molecule has 0 radical (unpaired) electrons. The van der Waals surface area contributed by atoms with Crippen LogP contribution in [0, 0.1) is 0 Å². The standard InChI is InChI=1S/C26H18F6N6O2.3ClH/c1-14(39)35-19-4-2-3-15(9-19)21-6-5-16(13-34-21)22-7-8-33-23(37-22)38-24(40)36-20-11-17(25(27,28)29)10-18(12-20)26(30,31)32;;;/h2-13H,1H3,(H,35,39)(H2,33,36,37,38,40);3*1H. The van der Waals surface area contributed by atoms with Crippen molar-refractivity contribution in [3.05, 3.63) is 84.2 Å². The Bertz CT molecular complexity index is 1540. The Morgan fingerprint density at radius 3 is 1.88 bits per heavy atom. The number of hydrogen-bond acceptors (Lipinski definition) is 5. The van der Waals surface area contributed by atoms with Gasteiger partial charge in [0.05, 0.1) is 22.5 Å². The van der Waals surface area contributed by atoms with Gasteiger partial charge in [-0.25, -0.2) is 14.8 Å². The van der Waals surface area contributed by atoms with Crippen LogP contribution in [0.15, 0.2) is 73.1 Å². The van der Waals surface area contributed by atoms with Crippen LogP contribution in [-0.2, 0) is 17.1 Å². The van der Waals surface area contributed by atoms with Gasteiger partial charge in [-0.2, -0.15) is 26.3 Å². The second kappa shape index (κ2) is 14.8. The minimum atomic E-state index is -5.07. The molecule has 0 aliphatic heterocycles. The molecular weight excluding hydrogens is 649 g/mol. The molecule has 2 aromatic carbocycles. The number of anilines is 3. The number of aromatic nitrogens is 3. The SMILES string of the molecule is CC(=O)Nc1cccc(-c2ccc(-c3ccnc(NC(=O)Nc4cc(C(F)(F)F)cc(C(F)(F)F)c4)n3)cn2)c1.Cl.Cl.Cl. The summed E-state index contributed by atoms with van der Waals surface area (Å²) in [6, 6.07) is 11.5. The van der Waals surface area contributed by atoms with Gasteiger partial charge < -0.3 is 10.6 Å². The lowest BCUT2D eigenvalue weighted by Crippen LogP contribution is -2.22. The first kappa shape index (κ1) is 36.9. The first-order chi connectivity index (χ1) is 18.8. The van der Waals surface area contributed by atoms with Crippen LogP contribution in [0.1, 0.15) is 18.1 Å². The predicted molar refractivity (Wildman–Crippen MR) is 156 cm³/mol. The van der Waals surface area contributed by atoms with Gasteiger partial charge in [0.1, 0.15) is 0 Å². The number of carbonyl (C=O) groups excluding carboxylic acids is 2. The van der Waals surface area contributed by atoms with Gasteiger partial charge >= 0.3 is 18.4 Å². The highest BCUT2D eigenvalue weighted by Gasteiger charge is 2.37. The van der Waals surface area contributed by atoms with E-state index in [1.807, 2.05) is 5.32 Å². The number of pyridine rings is 1. The fraction of sp³-hybridized carbons (Fsp3) is 0.115. The molecule has 3 amide bonds. The summed E-state index contributed by atoms with van der Waals surface area (Å²) in [6.07, 6.45) is -7.32. The van der Waals surface area contributed by atoms with E-state index in [1.165, 1.54) is 25.4 Å². The molecule has 4 rings (SSSR count). The molecule has 0 saturated carbocycles. The van der Waals surface area contributed by atoms with Gasteiger partial charge in [0.25, 0.3) is 0 Å². The van der Waals surface area contributed by atoms with E-state index in [0.29, 0.717) is 34.8 Å². The Morgan fingerprint density at radius 1 is 0.674 bits per heavy atom. The van der Waals surface area contributed by atoms with E-state index in [0.717, 1.165) is 5.56 Å². The van der Waals surface area contributed by atoms with E-state index >= 15 is 0 Å². The first-order valence-corrected chi connectivity index (χ1v) is 11.3. The van der Waals surface area contributed by atoms with Crippen LogP contribution in [0.25, 0.3) is 22.5 Å². The molecule has 0 bridgehead atoms. The number of alkyl halides is 6. The quantitative estimate of drug-likeness (QED) is 0.186. The number of benzene rings is 2. The molecule has 230 valence electrons. The molecule has 43 heavy (non-hydrogen) atoms. The van der Waals surface area contributed by atoms with Crippen LogP contribution in [-0.4, -0.2) is 26.9 Å². The number of hydrogen-bond donors (Lipinski definition) is 3. The average Bonchev–Trinajstić information content (AvgIpc) is 2.87. The number of urea groups is 1. The zero-order valence-corrected chi connectivity index (χ0v) is 24.0. The molecular formula is C26H21Cl3F6N6O2. The van der Waals surface area contributed by atoms with E-state index in [9.17, 15) is 35.9 Å². The maximum atomic E-state index is 13.1. The zero-order valence-electron chi connectivity index (χ0n) is 21.6. The maximum absolute atomic E-state index is 13.1. The van der Waals surface area contributed by atoms with Crippen molar-refractivity contribution in [1.29, 1.82) is 0 Å². The summed E-state index contributed by atoms with van der Waals surface area (Å²) in [4.78, 5) is 36.0. The van der Waals surface area contributed by atoms with Crippen molar-refractivity contribution in [3.63, 3.8) is 0 Å². The van der Waals surface area contributed by atoms with Crippen LogP contribution in [0.5, 0.6) is 0 Å². The van der Waals surface area contributed by atoms with E-state index in [-0.39, 0.29) is 55.1 Å². The van der Waals surface area contributed by atoms with Crippen LogP contribution in [0.2, 0.25) is 0 Å². The van der Waals surface area contributed by atoms with Gasteiger partial charge in [0, 0.05) is 41.8 Å². The highest BCUT2D eigenvalue weighted by Crippen LogP contribution is 2.37. The van der Waals surface area contributed by atoms with Crippen LogP contribution in [0.3, 0.4) is 0 Å². The Hall–Kier alpha value is -4.14. The van der Waals surface area contributed by atoms with Crippen molar-refractivity contribution in [2.45, 2.75) is 19.3 Å². The molecule has 0 aliphatic rings. The molecule has 0 unspecified atom stereocenters. The third kappa shape index (κ3) is 9.98. The second-order valence-electron chi connectivity index (χ2n) is 8.33.